The minimum atomic E-state index is -3.18. The van der Waals surface area contributed by atoms with Crippen LogP contribution in [0.1, 0.15) is 5.56 Å². The summed E-state index contributed by atoms with van der Waals surface area (Å²) in [5.41, 5.74) is 4.77. The molecule has 0 unspecified atom stereocenters. The Hall–Kier alpha value is -2.09. The summed E-state index contributed by atoms with van der Waals surface area (Å²) >= 11 is 0. The van der Waals surface area contributed by atoms with E-state index < -0.39 is 29.8 Å². The molecule has 3 N–H and O–H groups in total. The highest BCUT2D eigenvalue weighted by molar-refractivity contribution is 5.79. The summed E-state index contributed by atoms with van der Waals surface area (Å²) in [5.74, 6) is -3.90. The number of carbonyl (C=O) groups excluding carboxylic acids is 1. The minimum absolute atomic E-state index is 0.168. The first kappa shape index (κ1) is 15.0. The van der Waals surface area contributed by atoms with Gasteiger partial charge in [0, 0.05) is 11.6 Å². The third-order valence-electron chi connectivity index (χ3n) is 2.38. The average Bonchev–Trinajstić information content (AvgIpc) is 2.37. The SMILES string of the molecule is NCC(F)(F)CNC(=O)Cc1ccccc1[N+](=O)[O-]. The Morgan fingerprint density at radius 2 is 2.05 bits per heavy atom. The normalized spacial score (nSPS) is 11.1. The standard InChI is InChI=1S/C11H13F2N3O3/c12-11(13,6-14)7-15-10(17)5-8-3-1-2-4-9(8)16(18)19/h1-4H,5-7,14H2,(H,15,17). The summed E-state index contributed by atoms with van der Waals surface area (Å²) in [4.78, 5) is 21.5. The Balaban J connectivity index is 2.65. The van der Waals surface area contributed by atoms with Crippen LogP contribution in [0.15, 0.2) is 24.3 Å². The lowest BCUT2D eigenvalue weighted by molar-refractivity contribution is -0.385. The number of carbonyl (C=O) groups is 1. The molecule has 0 bridgehead atoms. The second-order valence-electron chi connectivity index (χ2n) is 3.90. The lowest BCUT2D eigenvalue weighted by atomic mass is 10.1. The fourth-order valence-electron chi connectivity index (χ4n) is 1.37. The maximum atomic E-state index is 12.8. The minimum Gasteiger partial charge on any atom is -0.350 e. The Morgan fingerprint density at radius 3 is 2.63 bits per heavy atom. The van der Waals surface area contributed by atoms with E-state index in [4.69, 9.17) is 5.73 Å². The smallest absolute Gasteiger partial charge is 0.277 e. The number of alkyl halides is 2. The van der Waals surface area contributed by atoms with Crippen molar-refractivity contribution in [1.82, 2.24) is 5.32 Å². The molecule has 1 rings (SSSR count). The number of para-hydroxylation sites is 1. The molecule has 8 heteroatoms. The zero-order valence-corrected chi connectivity index (χ0v) is 9.94. The van der Waals surface area contributed by atoms with E-state index in [1.807, 2.05) is 5.32 Å². The third-order valence-corrected chi connectivity index (χ3v) is 2.38. The van der Waals surface area contributed by atoms with Crippen molar-refractivity contribution in [2.45, 2.75) is 12.3 Å². The number of hydrogen-bond acceptors (Lipinski definition) is 4. The van der Waals surface area contributed by atoms with Gasteiger partial charge in [-0.1, -0.05) is 18.2 Å². The Morgan fingerprint density at radius 1 is 1.42 bits per heavy atom. The molecule has 104 valence electrons. The van der Waals surface area contributed by atoms with Crippen molar-refractivity contribution in [3.8, 4) is 0 Å². The van der Waals surface area contributed by atoms with Gasteiger partial charge in [0.2, 0.25) is 5.91 Å². The van der Waals surface area contributed by atoms with Crippen LogP contribution in [-0.4, -0.2) is 29.8 Å². The number of halogens is 2. The molecule has 0 aromatic heterocycles. The van der Waals surface area contributed by atoms with Crippen LogP contribution < -0.4 is 11.1 Å². The predicted molar refractivity (Wildman–Crippen MR) is 63.8 cm³/mol. The first-order chi connectivity index (χ1) is 8.85. The zero-order chi connectivity index (χ0) is 14.5. The second kappa shape index (κ2) is 6.19. The van der Waals surface area contributed by atoms with Crippen molar-refractivity contribution in [2.75, 3.05) is 13.1 Å². The maximum Gasteiger partial charge on any atom is 0.277 e. The van der Waals surface area contributed by atoms with E-state index in [0.717, 1.165) is 0 Å². The highest BCUT2D eigenvalue weighted by atomic mass is 19.3. The molecule has 1 amide bonds. The van der Waals surface area contributed by atoms with Gasteiger partial charge in [0.1, 0.15) is 0 Å². The number of nitrogens with two attached hydrogens (primary N) is 1. The van der Waals surface area contributed by atoms with Crippen LogP contribution in [0.25, 0.3) is 0 Å². The van der Waals surface area contributed by atoms with Gasteiger partial charge in [0.25, 0.3) is 11.6 Å². The quantitative estimate of drug-likeness (QED) is 0.593. The van der Waals surface area contributed by atoms with Crippen LogP contribution >= 0.6 is 0 Å². The van der Waals surface area contributed by atoms with Gasteiger partial charge in [0.05, 0.1) is 24.4 Å². The predicted octanol–water partition coefficient (Wildman–Crippen LogP) is 0.847. The van der Waals surface area contributed by atoms with Crippen LogP contribution in [0, 0.1) is 10.1 Å². The molecule has 1 aromatic rings. The van der Waals surface area contributed by atoms with Crippen molar-refractivity contribution in [3.63, 3.8) is 0 Å². The number of hydrogen-bond donors (Lipinski definition) is 2. The van der Waals surface area contributed by atoms with Crippen molar-refractivity contribution in [3.05, 3.63) is 39.9 Å². The number of benzene rings is 1. The summed E-state index contributed by atoms with van der Waals surface area (Å²) in [6.07, 6.45) is -0.336. The molecule has 6 nitrogen and oxygen atoms in total. The van der Waals surface area contributed by atoms with E-state index >= 15 is 0 Å². The fourth-order valence-corrected chi connectivity index (χ4v) is 1.37. The van der Waals surface area contributed by atoms with Gasteiger partial charge in [-0.05, 0) is 0 Å². The van der Waals surface area contributed by atoms with Crippen LogP contribution in [0.5, 0.6) is 0 Å². The van der Waals surface area contributed by atoms with Crippen molar-refractivity contribution < 1.29 is 18.5 Å². The van der Waals surface area contributed by atoms with Gasteiger partial charge in [0.15, 0.2) is 0 Å². The number of amides is 1. The molecular formula is C11H13F2N3O3. The molecule has 0 aliphatic rings. The van der Waals surface area contributed by atoms with Crippen molar-refractivity contribution in [2.24, 2.45) is 5.73 Å². The van der Waals surface area contributed by atoms with Gasteiger partial charge in [-0.3, -0.25) is 14.9 Å². The highest BCUT2D eigenvalue weighted by Gasteiger charge is 2.27. The first-order valence-electron chi connectivity index (χ1n) is 5.42. The van der Waals surface area contributed by atoms with E-state index in [1.165, 1.54) is 24.3 Å². The van der Waals surface area contributed by atoms with Crippen LogP contribution in [0.4, 0.5) is 14.5 Å². The highest BCUT2D eigenvalue weighted by Crippen LogP contribution is 2.18. The van der Waals surface area contributed by atoms with Gasteiger partial charge in [-0.15, -0.1) is 0 Å². The second-order valence-corrected chi connectivity index (χ2v) is 3.90. The average molecular weight is 273 g/mol. The van der Waals surface area contributed by atoms with Crippen LogP contribution in [-0.2, 0) is 11.2 Å². The van der Waals surface area contributed by atoms with Gasteiger partial charge >= 0.3 is 0 Å². The number of nitrogens with zero attached hydrogens (tertiary/aromatic N) is 1. The number of nitro benzene ring substituents is 1. The maximum absolute atomic E-state index is 12.8. The molecule has 0 radical (unpaired) electrons. The molecule has 0 saturated heterocycles. The van der Waals surface area contributed by atoms with Gasteiger partial charge in [-0.2, -0.15) is 0 Å². The summed E-state index contributed by atoms with van der Waals surface area (Å²) < 4.78 is 25.6. The van der Waals surface area contributed by atoms with Crippen molar-refractivity contribution in [1.29, 1.82) is 0 Å². The molecular weight excluding hydrogens is 260 g/mol. The van der Waals surface area contributed by atoms with Gasteiger partial charge < -0.3 is 11.1 Å². The number of rotatable bonds is 6. The van der Waals surface area contributed by atoms with E-state index in [1.54, 1.807) is 0 Å². The first-order valence-corrected chi connectivity index (χ1v) is 5.42. The summed E-state index contributed by atoms with van der Waals surface area (Å²) in [6.45, 7) is -1.76. The summed E-state index contributed by atoms with van der Waals surface area (Å²) in [5, 5.41) is 12.7. The molecule has 0 atom stereocenters. The number of nitro groups is 1. The van der Waals surface area contributed by atoms with Crippen molar-refractivity contribution >= 4 is 11.6 Å². The molecule has 1 aromatic carbocycles. The largest absolute Gasteiger partial charge is 0.350 e. The third kappa shape index (κ3) is 4.59. The fraction of sp³-hybridized carbons (Fsp3) is 0.364. The topological polar surface area (TPSA) is 98.3 Å². The zero-order valence-electron chi connectivity index (χ0n) is 9.94. The Bertz CT molecular complexity index is 480. The van der Waals surface area contributed by atoms with Crippen LogP contribution in [0.3, 0.4) is 0 Å². The van der Waals surface area contributed by atoms with E-state index in [9.17, 15) is 23.7 Å². The lowest BCUT2D eigenvalue weighted by Crippen LogP contribution is -2.42. The molecule has 0 fully saturated rings. The molecule has 0 aliphatic carbocycles. The molecule has 0 aliphatic heterocycles. The summed E-state index contributed by atoms with van der Waals surface area (Å²) in [7, 11) is 0. The molecule has 0 spiro atoms. The summed E-state index contributed by atoms with van der Waals surface area (Å²) in [6, 6.07) is 5.64. The van der Waals surface area contributed by atoms with E-state index in [2.05, 4.69) is 0 Å². The van der Waals surface area contributed by atoms with E-state index in [-0.39, 0.29) is 17.7 Å². The number of nitrogens with one attached hydrogen (secondary N) is 1. The molecule has 0 heterocycles. The lowest BCUT2D eigenvalue weighted by Gasteiger charge is -2.14. The molecule has 19 heavy (non-hydrogen) atoms. The molecule has 0 saturated carbocycles. The Kier molecular flexibility index (Phi) is 4.87. The monoisotopic (exact) mass is 273 g/mol. The van der Waals surface area contributed by atoms with Crippen LogP contribution in [0.2, 0.25) is 0 Å². The Labute approximate surface area is 107 Å². The van der Waals surface area contributed by atoms with E-state index in [0.29, 0.717) is 0 Å². The van der Waals surface area contributed by atoms with Gasteiger partial charge in [-0.25, -0.2) is 8.78 Å².